The van der Waals surface area contributed by atoms with Crippen molar-refractivity contribution in [3.8, 4) is 0 Å². The standard InChI is InChI=1S/C14H26N2O/c1-10-6-13(10)9-16-14(17)7-11(2)12-4-3-5-15-8-12/h10-13,15H,3-9H2,1-2H3,(H,16,17). The lowest BCUT2D eigenvalue weighted by molar-refractivity contribution is -0.122. The van der Waals surface area contributed by atoms with Crippen LogP contribution in [0.15, 0.2) is 0 Å². The molecule has 1 amide bonds. The molecule has 1 saturated heterocycles. The average Bonchev–Trinajstić information content (AvgIpc) is 3.04. The Morgan fingerprint density at radius 3 is 2.88 bits per heavy atom. The van der Waals surface area contributed by atoms with Gasteiger partial charge in [-0.3, -0.25) is 4.79 Å². The summed E-state index contributed by atoms with van der Waals surface area (Å²) in [4.78, 5) is 11.8. The molecule has 0 aromatic rings. The van der Waals surface area contributed by atoms with Gasteiger partial charge in [0.05, 0.1) is 0 Å². The molecule has 0 aromatic carbocycles. The van der Waals surface area contributed by atoms with Crippen LogP contribution >= 0.6 is 0 Å². The lowest BCUT2D eigenvalue weighted by atomic mass is 9.85. The van der Waals surface area contributed by atoms with Crippen LogP contribution in [0.4, 0.5) is 0 Å². The highest BCUT2D eigenvalue weighted by atomic mass is 16.1. The molecule has 1 aliphatic carbocycles. The summed E-state index contributed by atoms with van der Waals surface area (Å²) in [5.74, 6) is 3.04. The highest BCUT2D eigenvalue weighted by molar-refractivity contribution is 5.76. The van der Waals surface area contributed by atoms with Gasteiger partial charge in [0.1, 0.15) is 0 Å². The van der Waals surface area contributed by atoms with Crippen LogP contribution in [0.5, 0.6) is 0 Å². The Kier molecular flexibility index (Phi) is 4.43. The van der Waals surface area contributed by atoms with Gasteiger partial charge in [0, 0.05) is 13.0 Å². The Balaban J connectivity index is 1.62. The second-order valence-electron chi connectivity index (χ2n) is 6.06. The lowest BCUT2D eigenvalue weighted by Gasteiger charge is -2.28. The maximum absolute atomic E-state index is 11.8. The molecule has 3 nitrogen and oxygen atoms in total. The summed E-state index contributed by atoms with van der Waals surface area (Å²) in [7, 11) is 0. The van der Waals surface area contributed by atoms with Crippen LogP contribution in [0.1, 0.15) is 39.5 Å². The van der Waals surface area contributed by atoms with Gasteiger partial charge in [-0.15, -0.1) is 0 Å². The lowest BCUT2D eigenvalue weighted by Crippen LogP contribution is -2.36. The summed E-state index contributed by atoms with van der Waals surface area (Å²) >= 11 is 0. The normalized spacial score (nSPS) is 34.1. The van der Waals surface area contributed by atoms with Crippen molar-refractivity contribution in [2.24, 2.45) is 23.7 Å². The number of hydrogen-bond donors (Lipinski definition) is 2. The molecule has 0 aromatic heterocycles. The van der Waals surface area contributed by atoms with E-state index < -0.39 is 0 Å². The predicted molar refractivity (Wildman–Crippen MR) is 69.7 cm³/mol. The van der Waals surface area contributed by atoms with Crippen molar-refractivity contribution in [3.63, 3.8) is 0 Å². The number of nitrogens with one attached hydrogen (secondary N) is 2. The summed E-state index contributed by atoms with van der Waals surface area (Å²) in [5, 5.41) is 6.51. The number of hydrogen-bond acceptors (Lipinski definition) is 2. The molecule has 4 unspecified atom stereocenters. The smallest absolute Gasteiger partial charge is 0.220 e. The van der Waals surface area contributed by atoms with Crippen molar-refractivity contribution < 1.29 is 4.79 Å². The quantitative estimate of drug-likeness (QED) is 0.766. The number of carbonyl (C=O) groups excluding carboxylic acids is 1. The van der Waals surface area contributed by atoms with Gasteiger partial charge in [-0.05, 0) is 56.0 Å². The van der Waals surface area contributed by atoms with E-state index >= 15 is 0 Å². The Bertz CT molecular complexity index is 261. The second kappa shape index (κ2) is 5.85. The SMILES string of the molecule is CC(CC(=O)NCC1CC1C)C1CCCNC1. The average molecular weight is 238 g/mol. The Morgan fingerprint density at radius 1 is 1.53 bits per heavy atom. The minimum absolute atomic E-state index is 0.252. The molecule has 2 fully saturated rings. The molecule has 0 bridgehead atoms. The van der Waals surface area contributed by atoms with Crippen LogP contribution in [-0.2, 0) is 4.79 Å². The molecular weight excluding hydrogens is 212 g/mol. The first-order chi connectivity index (χ1) is 8.16. The van der Waals surface area contributed by atoms with E-state index in [-0.39, 0.29) is 5.91 Å². The van der Waals surface area contributed by atoms with Crippen LogP contribution < -0.4 is 10.6 Å². The second-order valence-corrected chi connectivity index (χ2v) is 6.06. The zero-order valence-electron chi connectivity index (χ0n) is 11.2. The molecule has 1 saturated carbocycles. The molecular formula is C14H26N2O. The topological polar surface area (TPSA) is 41.1 Å². The molecule has 17 heavy (non-hydrogen) atoms. The summed E-state index contributed by atoms with van der Waals surface area (Å²) in [6.45, 7) is 7.61. The molecule has 1 aliphatic heterocycles. The van der Waals surface area contributed by atoms with Gasteiger partial charge < -0.3 is 10.6 Å². The van der Waals surface area contributed by atoms with E-state index in [1.54, 1.807) is 0 Å². The fourth-order valence-corrected chi connectivity index (χ4v) is 2.82. The van der Waals surface area contributed by atoms with Crippen molar-refractivity contribution in [3.05, 3.63) is 0 Å². The van der Waals surface area contributed by atoms with Gasteiger partial charge in [0.25, 0.3) is 0 Å². The summed E-state index contributed by atoms with van der Waals surface area (Å²) in [6, 6.07) is 0. The van der Waals surface area contributed by atoms with Crippen molar-refractivity contribution in [1.82, 2.24) is 10.6 Å². The first-order valence-electron chi connectivity index (χ1n) is 7.14. The van der Waals surface area contributed by atoms with Crippen molar-refractivity contribution in [2.75, 3.05) is 19.6 Å². The summed E-state index contributed by atoms with van der Waals surface area (Å²) < 4.78 is 0. The summed E-state index contributed by atoms with van der Waals surface area (Å²) in [5.41, 5.74) is 0. The minimum Gasteiger partial charge on any atom is -0.356 e. The largest absolute Gasteiger partial charge is 0.356 e. The minimum atomic E-state index is 0.252. The molecule has 4 atom stereocenters. The van der Waals surface area contributed by atoms with E-state index in [1.165, 1.54) is 19.3 Å². The third kappa shape index (κ3) is 3.98. The van der Waals surface area contributed by atoms with Crippen molar-refractivity contribution in [2.45, 2.75) is 39.5 Å². The van der Waals surface area contributed by atoms with Crippen molar-refractivity contribution >= 4 is 5.91 Å². The van der Waals surface area contributed by atoms with Crippen LogP contribution in [0.2, 0.25) is 0 Å². The van der Waals surface area contributed by atoms with Gasteiger partial charge in [0.2, 0.25) is 5.91 Å². The molecule has 2 N–H and O–H groups in total. The van der Waals surface area contributed by atoms with E-state index in [1.807, 2.05) is 0 Å². The van der Waals surface area contributed by atoms with Gasteiger partial charge in [-0.25, -0.2) is 0 Å². The molecule has 2 rings (SSSR count). The molecule has 98 valence electrons. The third-order valence-electron chi connectivity index (χ3n) is 4.48. The molecule has 2 aliphatic rings. The number of carbonyl (C=O) groups is 1. The molecule has 3 heteroatoms. The predicted octanol–water partition coefficient (Wildman–Crippen LogP) is 1.78. The van der Waals surface area contributed by atoms with Crippen LogP contribution in [0.25, 0.3) is 0 Å². The maximum atomic E-state index is 11.8. The summed E-state index contributed by atoms with van der Waals surface area (Å²) in [6.07, 6.45) is 4.53. The van der Waals surface area contributed by atoms with Gasteiger partial charge in [-0.2, -0.15) is 0 Å². The fraction of sp³-hybridized carbons (Fsp3) is 0.929. The van der Waals surface area contributed by atoms with Crippen LogP contribution in [0.3, 0.4) is 0 Å². The molecule has 0 radical (unpaired) electrons. The first kappa shape index (κ1) is 12.9. The van der Waals surface area contributed by atoms with E-state index in [4.69, 9.17) is 0 Å². The van der Waals surface area contributed by atoms with E-state index in [2.05, 4.69) is 24.5 Å². The van der Waals surface area contributed by atoms with E-state index in [9.17, 15) is 4.79 Å². The Hall–Kier alpha value is -0.570. The fourth-order valence-electron chi connectivity index (χ4n) is 2.82. The zero-order chi connectivity index (χ0) is 12.3. The first-order valence-corrected chi connectivity index (χ1v) is 7.14. The third-order valence-corrected chi connectivity index (χ3v) is 4.48. The number of piperidine rings is 1. The van der Waals surface area contributed by atoms with Gasteiger partial charge in [0.15, 0.2) is 0 Å². The highest BCUT2D eigenvalue weighted by Crippen LogP contribution is 2.36. The van der Waals surface area contributed by atoms with Gasteiger partial charge in [-0.1, -0.05) is 13.8 Å². The van der Waals surface area contributed by atoms with Crippen LogP contribution in [0, 0.1) is 23.7 Å². The highest BCUT2D eigenvalue weighted by Gasteiger charge is 2.32. The number of rotatable bonds is 5. The van der Waals surface area contributed by atoms with E-state index in [0.29, 0.717) is 18.3 Å². The maximum Gasteiger partial charge on any atom is 0.220 e. The molecule has 1 heterocycles. The Labute approximate surface area is 105 Å². The monoisotopic (exact) mass is 238 g/mol. The van der Waals surface area contributed by atoms with Gasteiger partial charge >= 0.3 is 0 Å². The Morgan fingerprint density at radius 2 is 2.29 bits per heavy atom. The van der Waals surface area contributed by atoms with Crippen LogP contribution in [-0.4, -0.2) is 25.5 Å². The van der Waals surface area contributed by atoms with Crippen molar-refractivity contribution in [1.29, 1.82) is 0 Å². The zero-order valence-corrected chi connectivity index (χ0v) is 11.2. The molecule has 0 spiro atoms. The number of amides is 1. The van der Waals surface area contributed by atoms with E-state index in [0.717, 1.165) is 31.5 Å².